The molecule has 0 bridgehead atoms. The molecule has 1 aromatic heterocycles. The van der Waals surface area contributed by atoms with Crippen molar-refractivity contribution in [3.05, 3.63) is 53.3 Å². The maximum Gasteiger partial charge on any atom is 0.410 e. The maximum absolute atomic E-state index is 12.3. The molecule has 8 nitrogen and oxygen atoms in total. The van der Waals surface area contributed by atoms with E-state index in [0.29, 0.717) is 12.5 Å². The minimum Gasteiger partial charge on any atom is -0.445 e. The van der Waals surface area contributed by atoms with Gasteiger partial charge in [0.2, 0.25) is 5.95 Å². The Balaban J connectivity index is 0.992. The molecular weight excluding hydrogens is 438 g/mol. The van der Waals surface area contributed by atoms with Crippen LogP contribution < -0.4 is 4.90 Å². The van der Waals surface area contributed by atoms with E-state index in [-0.39, 0.29) is 12.2 Å². The topological polar surface area (TPSA) is 71.0 Å². The number of thiol groups is 1. The lowest BCUT2D eigenvalue weighted by molar-refractivity contribution is -0.00225. The molecule has 33 heavy (non-hydrogen) atoms. The van der Waals surface area contributed by atoms with Gasteiger partial charge in [0.15, 0.2) is 0 Å². The summed E-state index contributed by atoms with van der Waals surface area (Å²) >= 11 is 4.42. The summed E-state index contributed by atoms with van der Waals surface area (Å²) in [5.41, 5.74) is 3.32. The first kappa shape index (κ1) is 22.4. The summed E-state index contributed by atoms with van der Waals surface area (Å²) in [4.78, 5) is 25.6. The number of carbonyl (C=O) groups is 1. The average molecular weight is 470 g/mol. The second-order valence-electron chi connectivity index (χ2n) is 9.11. The third-order valence-electron chi connectivity index (χ3n) is 6.68. The molecule has 0 unspecified atom stereocenters. The van der Waals surface area contributed by atoms with Crippen LogP contribution in [0.1, 0.15) is 29.7 Å². The number of ether oxygens (including phenoxy) is 2. The monoisotopic (exact) mass is 469 g/mol. The van der Waals surface area contributed by atoms with Gasteiger partial charge in [-0.05, 0) is 24.3 Å². The molecule has 9 heteroatoms. The molecule has 0 saturated carbocycles. The molecule has 1 aromatic carbocycles. The Morgan fingerprint density at radius 1 is 1.12 bits per heavy atom. The molecule has 3 aliphatic heterocycles. The molecular formula is C24H31N5O3S. The summed E-state index contributed by atoms with van der Waals surface area (Å²) in [5, 5.41) is 0. The van der Waals surface area contributed by atoms with Crippen LogP contribution in [0.4, 0.5) is 10.7 Å². The summed E-state index contributed by atoms with van der Waals surface area (Å²) < 4.78 is 13.6. The molecule has 0 spiro atoms. The highest BCUT2D eigenvalue weighted by molar-refractivity contribution is 7.77. The molecule has 0 N–H and O–H groups in total. The van der Waals surface area contributed by atoms with Gasteiger partial charge in [0, 0.05) is 57.4 Å². The number of hydrogen-bond acceptors (Lipinski definition) is 8. The third-order valence-corrected chi connectivity index (χ3v) is 7.02. The number of rotatable bonds is 6. The summed E-state index contributed by atoms with van der Waals surface area (Å²) in [7, 11) is 0. The zero-order valence-corrected chi connectivity index (χ0v) is 19.7. The molecule has 4 heterocycles. The van der Waals surface area contributed by atoms with Crippen molar-refractivity contribution in [3.8, 4) is 0 Å². The third kappa shape index (κ3) is 5.59. The van der Waals surface area contributed by atoms with Gasteiger partial charge in [-0.2, -0.15) is 0 Å². The van der Waals surface area contributed by atoms with Crippen LogP contribution in [-0.4, -0.2) is 70.7 Å². The number of benzene rings is 1. The van der Waals surface area contributed by atoms with Crippen molar-refractivity contribution in [1.82, 2.24) is 19.2 Å². The van der Waals surface area contributed by atoms with Gasteiger partial charge in [0.25, 0.3) is 0 Å². The largest absolute Gasteiger partial charge is 0.445 e. The molecule has 176 valence electrons. The number of likely N-dealkylation sites (tertiary alicyclic amines) is 1. The van der Waals surface area contributed by atoms with Crippen LogP contribution in [0.3, 0.4) is 0 Å². The van der Waals surface area contributed by atoms with E-state index in [0.717, 1.165) is 82.3 Å². The van der Waals surface area contributed by atoms with Crippen LogP contribution in [0.15, 0.2) is 36.5 Å². The van der Waals surface area contributed by atoms with Crippen LogP contribution in [0, 0.1) is 5.92 Å². The average Bonchev–Trinajstić information content (AvgIpc) is 2.82. The molecule has 1 amide bonds. The van der Waals surface area contributed by atoms with Crippen molar-refractivity contribution in [3.63, 3.8) is 0 Å². The first-order valence-electron chi connectivity index (χ1n) is 11.7. The van der Waals surface area contributed by atoms with Crippen molar-refractivity contribution in [2.24, 2.45) is 5.92 Å². The molecule has 2 fully saturated rings. The lowest BCUT2D eigenvalue weighted by Crippen LogP contribution is -2.53. The fourth-order valence-electron chi connectivity index (χ4n) is 4.51. The van der Waals surface area contributed by atoms with Crippen LogP contribution >= 0.6 is 12.8 Å². The lowest BCUT2D eigenvalue weighted by Gasteiger charge is -2.40. The van der Waals surface area contributed by atoms with Gasteiger partial charge in [-0.25, -0.2) is 19.1 Å². The van der Waals surface area contributed by atoms with E-state index in [9.17, 15) is 4.79 Å². The second kappa shape index (κ2) is 10.3. The number of amides is 1. The van der Waals surface area contributed by atoms with Gasteiger partial charge in [-0.15, -0.1) is 0 Å². The molecule has 0 radical (unpaired) electrons. The van der Waals surface area contributed by atoms with E-state index in [1.54, 1.807) is 0 Å². The lowest BCUT2D eigenvalue weighted by atomic mass is 9.98. The normalized spacial score (nSPS) is 19.8. The van der Waals surface area contributed by atoms with Crippen LogP contribution in [0.2, 0.25) is 0 Å². The fraction of sp³-hybridized carbons (Fsp3) is 0.542. The number of carbonyl (C=O) groups excluding carboxylic acids is 1. The molecule has 5 rings (SSSR count). The van der Waals surface area contributed by atoms with Crippen molar-refractivity contribution in [2.45, 2.75) is 38.5 Å². The smallest absolute Gasteiger partial charge is 0.410 e. The van der Waals surface area contributed by atoms with Crippen molar-refractivity contribution >= 4 is 24.9 Å². The predicted molar refractivity (Wildman–Crippen MR) is 128 cm³/mol. The molecule has 3 aliphatic rings. The molecule has 2 saturated heterocycles. The number of aromatic nitrogens is 2. The van der Waals surface area contributed by atoms with Gasteiger partial charge in [0.05, 0.1) is 18.4 Å². The van der Waals surface area contributed by atoms with Crippen molar-refractivity contribution in [2.75, 3.05) is 44.2 Å². The Hall–Kier alpha value is -2.36. The number of fused-ring (bicyclic) bond motifs is 1. The van der Waals surface area contributed by atoms with Gasteiger partial charge in [-0.3, -0.25) is 0 Å². The van der Waals surface area contributed by atoms with Gasteiger partial charge < -0.3 is 19.3 Å². The SMILES string of the molecule is O=C(OCc1ccccc1)N1CCC(COC2CN(c3ncc4c(n3)CCN(S)C4)C2)CC1. The minimum absolute atomic E-state index is 0.222. The number of nitrogens with zero attached hydrogens (tertiary/aromatic N) is 5. The van der Waals surface area contributed by atoms with Crippen LogP contribution in [-0.2, 0) is 29.0 Å². The Labute approximate surface area is 200 Å². The standard InChI is InChI=1S/C24H31N5O3S/c30-24(32-17-18-4-2-1-3-5-18)27-9-6-19(7-10-27)16-31-21-14-28(15-21)23-25-12-20-13-29(33)11-8-22(20)26-23/h1-5,12,19,21,33H,6-11,13-17H2. The van der Waals surface area contributed by atoms with E-state index in [1.807, 2.05) is 45.7 Å². The van der Waals surface area contributed by atoms with Gasteiger partial charge >= 0.3 is 6.09 Å². The van der Waals surface area contributed by atoms with E-state index in [1.165, 1.54) is 5.56 Å². The van der Waals surface area contributed by atoms with Gasteiger partial charge in [0.1, 0.15) is 6.61 Å². The molecule has 0 atom stereocenters. The quantitative estimate of drug-likeness (QED) is 0.653. The summed E-state index contributed by atoms with van der Waals surface area (Å²) in [6, 6.07) is 9.79. The van der Waals surface area contributed by atoms with Gasteiger partial charge in [-0.1, -0.05) is 43.1 Å². The molecule has 0 aliphatic carbocycles. The number of piperidine rings is 1. The summed E-state index contributed by atoms with van der Waals surface area (Å²) in [6.07, 6.45) is 4.76. The highest BCUT2D eigenvalue weighted by Gasteiger charge is 2.32. The fourth-order valence-corrected chi connectivity index (χ4v) is 4.77. The highest BCUT2D eigenvalue weighted by atomic mass is 32.1. The van der Waals surface area contributed by atoms with Crippen molar-refractivity contribution in [1.29, 1.82) is 0 Å². The zero-order chi connectivity index (χ0) is 22.6. The first-order chi connectivity index (χ1) is 16.1. The Morgan fingerprint density at radius 2 is 1.91 bits per heavy atom. The summed E-state index contributed by atoms with van der Waals surface area (Å²) in [5.74, 6) is 1.30. The van der Waals surface area contributed by atoms with E-state index < -0.39 is 0 Å². The van der Waals surface area contributed by atoms with Crippen LogP contribution in [0.25, 0.3) is 0 Å². The second-order valence-corrected chi connectivity index (χ2v) is 9.68. The molecule has 2 aromatic rings. The Morgan fingerprint density at radius 3 is 2.70 bits per heavy atom. The minimum atomic E-state index is -0.222. The van der Waals surface area contributed by atoms with E-state index >= 15 is 0 Å². The van der Waals surface area contributed by atoms with Crippen molar-refractivity contribution < 1.29 is 14.3 Å². The highest BCUT2D eigenvalue weighted by Crippen LogP contribution is 2.25. The Bertz CT molecular complexity index is 948. The van der Waals surface area contributed by atoms with Crippen LogP contribution in [0.5, 0.6) is 0 Å². The maximum atomic E-state index is 12.3. The summed E-state index contributed by atoms with van der Waals surface area (Å²) in [6.45, 7) is 5.91. The van der Waals surface area contributed by atoms with E-state index in [4.69, 9.17) is 14.5 Å². The van der Waals surface area contributed by atoms with E-state index in [2.05, 4.69) is 22.7 Å². The predicted octanol–water partition coefficient (Wildman–Crippen LogP) is 2.93. The zero-order valence-electron chi connectivity index (χ0n) is 18.8. The number of anilines is 1. The first-order valence-corrected chi connectivity index (χ1v) is 12.1. The Kier molecular flexibility index (Phi) is 6.99. The number of hydrogen-bond donors (Lipinski definition) is 1.